The van der Waals surface area contributed by atoms with E-state index < -0.39 is 0 Å². The van der Waals surface area contributed by atoms with Crippen LogP contribution in [0.2, 0.25) is 0 Å². The van der Waals surface area contributed by atoms with Crippen LogP contribution in [0.25, 0.3) is 6.08 Å². The third-order valence-electron chi connectivity index (χ3n) is 2.59. The van der Waals surface area contributed by atoms with Crippen LogP contribution in [0.3, 0.4) is 0 Å². The Labute approximate surface area is 129 Å². The maximum atomic E-state index is 11.8. The molecular weight excluding hydrogens is 290 g/mol. The number of carbonyl (C=O) groups is 1. The molecule has 1 aromatic carbocycles. The third-order valence-corrected chi connectivity index (χ3v) is 4.84. The van der Waals surface area contributed by atoms with E-state index in [2.05, 4.69) is 5.32 Å². The second kappa shape index (κ2) is 9.91. The zero-order chi connectivity index (χ0) is 14.8. The van der Waals surface area contributed by atoms with E-state index in [0.29, 0.717) is 0 Å². The topological polar surface area (TPSA) is 49.3 Å². The van der Waals surface area contributed by atoms with Gasteiger partial charge in [-0.1, -0.05) is 29.8 Å². The van der Waals surface area contributed by atoms with Gasteiger partial charge in [-0.3, -0.25) is 4.79 Å². The first-order valence-electron chi connectivity index (χ1n) is 6.38. The van der Waals surface area contributed by atoms with Crippen molar-refractivity contribution in [2.75, 3.05) is 23.7 Å². The SMILES string of the molecule is CSCSC[C@H](CO)NC(=O)/C=C\c1ccc(C)cc1. The number of amides is 1. The van der Waals surface area contributed by atoms with Crippen LogP contribution in [0.4, 0.5) is 0 Å². The smallest absolute Gasteiger partial charge is 0.244 e. The minimum atomic E-state index is -0.192. The second-order valence-electron chi connectivity index (χ2n) is 4.41. The van der Waals surface area contributed by atoms with Crippen molar-refractivity contribution in [1.82, 2.24) is 5.32 Å². The molecule has 5 heteroatoms. The van der Waals surface area contributed by atoms with E-state index in [-0.39, 0.29) is 18.6 Å². The lowest BCUT2D eigenvalue weighted by molar-refractivity contribution is -0.117. The Balaban J connectivity index is 2.42. The van der Waals surface area contributed by atoms with E-state index in [0.717, 1.165) is 16.4 Å². The van der Waals surface area contributed by atoms with Gasteiger partial charge in [0.25, 0.3) is 0 Å². The summed E-state index contributed by atoms with van der Waals surface area (Å²) in [4.78, 5) is 11.8. The molecule has 3 nitrogen and oxygen atoms in total. The van der Waals surface area contributed by atoms with E-state index in [1.54, 1.807) is 29.6 Å². The van der Waals surface area contributed by atoms with Crippen LogP contribution < -0.4 is 5.32 Å². The average Bonchev–Trinajstić information content (AvgIpc) is 2.46. The van der Waals surface area contributed by atoms with Crippen molar-refractivity contribution in [2.24, 2.45) is 0 Å². The highest BCUT2D eigenvalue weighted by atomic mass is 32.2. The molecule has 0 bridgehead atoms. The Hall–Kier alpha value is -0.910. The molecule has 0 saturated carbocycles. The Morgan fingerprint density at radius 1 is 1.40 bits per heavy atom. The maximum absolute atomic E-state index is 11.8. The molecule has 0 aromatic heterocycles. The molecule has 1 aromatic rings. The highest BCUT2D eigenvalue weighted by Gasteiger charge is 2.09. The van der Waals surface area contributed by atoms with Crippen molar-refractivity contribution < 1.29 is 9.90 Å². The third kappa shape index (κ3) is 7.03. The monoisotopic (exact) mass is 311 g/mol. The number of rotatable bonds is 8. The lowest BCUT2D eigenvalue weighted by Gasteiger charge is -2.14. The quantitative estimate of drug-likeness (QED) is 0.440. The van der Waals surface area contributed by atoms with Gasteiger partial charge < -0.3 is 10.4 Å². The molecule has 0 spiro atoms. The first-order chi connectivity index (χ1) is 9.65. The summed E-state index contributed by atoms with van der Waals surface area (Å²) in [5.41, 5.74) is 2.18. The van der Waals surface area contributed by atoms with Crippen molar-refractivity contribution in [3.63, 3.8) is 0 Å². The summed E-state index contributed by atoms with van der Waals surface area (Å²) < 4.78 is 0. The standard InChI is InChI=1S/C15H21NO2S2/c1-12-3-5-13(6-4-12)7-8-15(18)16-14(9-17)10-20-11-19-2/h3-8,14,17H,9-11H2,1-2H3,(H,16,18)/b8-7-/t14-/m0/s1. The Bertz CT molecular complexity index is 432. The fourth-order valence-electron chi connectivity index (χ4n) is 1.51. The highest BCUT2D eigenvalue weighted by molar-refractivity contribution is 8.15. The minimum Gasteiger partial charge on any atom is -0.394 e. The lowest BCUT2D eigenvalue weighted by atomic mass is 10.1. The van der Waals surface area contributed by atoms with Gasteiger partial charge >= 0.3 is 0 Å². The summed E-state index contributed by atoms with van der Waals surface area (Å²) in [6, 6.07) is 7.76. The number of aryl methyl sites for hydroxylation is 1. The van der Waals surface area contributed by atoms with Crippen molar-refractivity contribution in [3.8, 4) is 0 Å². The summed E-state index contributed by atoms with van der Waals surface area (Å²) >= 11 is 3.44. The highest BCUT2D eigenvalue weighted by Crippen LogP contribution is 2.10. The van der Waals surface area contributed by atoms with Crippen LogP contribution in [0, 0.1) is 6.92 Å². The lowest BCUT2D eigenvalue weighted by Crippen LogP contribution is -2.38. The summed E-state index contributed by atoms with van der Waals surface area (Å²) in [5.74, 6) is 0.552. The fourth-order valence-corrected chi connectivity index (χ4v) is 3.04. The normalized spacial score (nSPS) is 12.6. The van der Waals surface area contributed by atoms with E-state index >= 15 is 0 Å². The second-order valence-corrected chi connectivity index (χ2v) is 6.67. The number of aliphatic hydroxyl groups excluding tert-OH is 1. The van der Waals surface area contributed by atoms with Crippen molar-refractivity contribution in [1.29, 1.82) is 0 Å². The molecule has 20 heavy (non-hydrogen) atoms. The number of hydrogen-bond acceptors (Lipinski definition) is 4. The predicted octanol–water partition coefficient (Wildman–Crippen LogP) is 2.54. The molecule has 110 valence electrons. The Kier molecular flexibility index (Phi) is 8.49. The molecule has 0 radical (unpaired) electrons. The molecular formula is C15H21NO2S2. The largest absolute Gasteiger partial charge is 0.394 e. The minimum absolute atomic E-state index is 0.0362. The zero-order valence-corrected chi connectivity index (χ0v) is 13.5. The molecule has 0 aliphatic rings. The molecule has 0 fully saturated rings. The van der Waals surface area contributed by atoms with Gasteiger partial charge in [-0.15, -0.1) is 11.8 Å². The number of aliphatic hydroxyl groups is 1. The number of hydrogen-bond donors (Lipinski definition) is 2. The Morgan fingerprint density at radius 3 is 2.70 bits per heavy atom. The summed E-state index contributed by atoms with van der Waals surface area (Å²) in [5, 5.41) is 13.0. The molecule has 0 saturated heterocycles. The predicted molar refractivity (Wildman–Crippen MR) is 90.1 cm³/mol. The van der Waals surface area contributed by atoms with Crippen LogP contribution in [0.15, 0.2) is 30.3 Å². The number of thioether (sulfide) groups is 2. The van der Waals surface area contributed by atoms with Crippen LogP contribution in [-0.2, 0) is 4.79 Å². The summed E-state index contributed by atoms with van der Waals surface area (Å²) in [7, 11) is 0. The summed E-state index contributed by atoms with van der Waals surface area (Å²) in [6.45, 7) is 1.99. The van der Waals surface area contributed by atoms with E-state index in [4.69, 9.17) is 0 Å². The maximum Gasteiger partial charge on any atom is 0.244 e. The summed E-state index contributed by atoms with van der Waals surface area (Å²) in [6.07, 6.45) is 5.31. The van der Waals surface area contributed by atoms with Gasteiger partial charge in [0.05, 0.1) is 12.6 Å². The van der Waals surface area contributed by atoms with Gasteiger partial charge in [0.15, 0.2) is 0 Å². The van der Waals surface area contributed by atoms with Crippen molar-refractivity contribution >= 4 is 35.5 Å². The fraction of sp³-hybridized carbons (Fsp3) is 0.400. The molecule has 1 rings (SSSR count). The van der Waals surface area contributed by atoms with E-state index in [9.17, 15) is 9.90 Å². The molecule has 0 aliphatic heterocycles. The van der Waals surface area contributed by atoms with Crippen LogP contribution in [0.5, 0.6) is 0 Å². The Morgan fingerprint density at radius 2 is 2.10 bits per heavy atom. The van der Waals surface area contributed by atoms with Crippen LogP contribution in [0.1, 0.15) is 11.1 Å². The first-order valence-corrected chi connectivity index (χ1v) is 8.93. The number of nitrogens with one attached hydrogen (secondary N) is 1. The van der Waals surface area contributed by atoms with E-state index in [1.165, 1.54) is 11.6 Å². The number of carbonyl (C=O) groups excluding carboxylic acids is 1. The van der Waals surface area contributed by atoms with Crippen molar-refractivity contribution in [3.05, 3.63) is 41.5 Å². The molecule has 2 N–H and O–H groups in total. The van der Waals surface area contributed by atoms with Crippen LogP contribution in [-0.4, -0.2) is 40.8 Å². The van der Waals surface area contributed by atoms with Gasteiger partial charge in [-0.2, -0.15) is 11.8 Å². The van der Waals surface area contributed by atoms with Gasteiger partial charge in [0, 0.05) is 16.9 Å². The van der Waals surface area contributed by atoms with E-state index in [1.807, 2.05) is 37.4 Å². The molecule has 1 amide bonds. The molecule has 0 heterocycles. The van der Waals surface area contributed by atoms with Gasteiger partial charge in [-0.25, -0.2) is 0 Å². The average molecular weight is 311 g/mol. The first kappa shape index (κ1) is 17.1. The van der Waals surface area contributed by atoms with Crippen molar-refractivity contribution in [2.45, 2.75) is 13.0 Å². The molecule has 0 aliphatic carbocycles. The van der Waals surface area contributed by atoms with Crippen LogP contribution >= 0.6 is 23.5 Å². The van der Waals surface area contributed by atoms with Gasteiger partial charge in [-0.05, 0) is 24.8 Å². The molecule has 0 unspecified atom stereocenters. The molecule has 1 atom stereocenters. The number of benzene rings is 1. The van der Waals surface area contributed by atoms with Gasteiger partial charge in [0.2, 0.25) is 5.91 Å². The van der Waals surface area contributed by atoms with Gasteiger partial charge in [0.1, 0.15) is 0 Å². The zero-order valence-electron chi connectivity index (χ0n) is 11.8.